The second kappa shape index (κ2) is 4.23. The molecule has 2 nitrogen and oxygen atoms in total. The first-order valence-corrected chi connectivity index (χ1v) is 6.10. The highest BCUT2D eigenvalue weighted by atomic mass is 28.3. The fourth-order valence-electron chi connectivity index (χ4n) is 1.08. The van der Waals surface area contributed by atoms with Gasteiger partial charge in [0.2, 0.25) is 9.04 Å². The lowest BCUT2D eigenvalue weighted by Crippen LogP contribution is -2.25. The van der Waals surface area contributed by atoms with E-state index in [1.807, 2.05) is 0 Å². The summed E-state index contributed by atoms with van der Waals surface area (Å²) in [6.07, 6.45) is -0.601. The average Bonchev–Trinajstić information content (AvgIpc) is 1.53. The van der Waals surface area contributed by atoms with E-state index >= 15 is 0 Å². The fraction of sp³-hybridized carbons (Fsp3) is 1.00. The normalized spacial score (nSPS) is 15.5. The summed E-state index contributed by atoms with van der Waals surface area (Å²) in [7, 11) is -0.797. The first kappa shape index (κ1) is 11.1. The first-order valence-electron chi connectivity index (χ1n) is 3.98. The summed E-state index contributed by atoms with van der Waals surface area (Å²) in [5.41, 5.74) is 0.317. The van der Waals surface area contributed by atoms with E-state index in [4.69, 9.17) is 9.53 Å². The van der Waals surface area contributed by atoms with Gasteiger partial charge in [0, 0.05) is 0 Å². The lowest BCUT2D eigenvalue weighted by Gasteiger charge is -2.22. The van der Waals surface area contributed by atoms with Gasteiger partial charge in [0.1, 0.15) is 6.29 Å². The molecule has 11 heavy (non-hydrogen) atoms. The van der Waals surface area contributed by atoms with Gasteiger partial charge in [-0.3, -0.25) is 0 Å². The van der Waals surface area contributed by atoms with Crippen molar-refractivity contribution >= 4 is 9.04 Å². The number of aliphatic hydroxyl groups is 1. The maximum atomic E-state index is 8.92. The van der Waals surface area contributed by atoms with Crippen LogP contribution in [0.5, 0.6) is 0 Å². The van der Waals surface area contributed by atoms with Crippen molar-refractivity contribution in [2.75, 3.05) is 0 Å². The predicted octanol–water partition coefficient (Wildman–Crippen LogP) is 2.01. The largest absolute Gasteiger partial charge is 0.393 e. The van der Waals surface area contributed by atoms with Gasteiger partial charge in [0.15, 0.2) is 0 Å². The Hall–Kier alpha value is 0.137. The smallest absolute Gasteiger partial charge is 0.212 e. The topological polar surface area (TPSA) is 29.5 Å². The SMILES string of the molecule is CC(O)O[Si](C)CC(C)(C)C. The van der Waals surface area contributed by atoms with Crippen LogP contribution < -0.4 is 0 Å². The molecule has 0 spiro atoms. The van der Waals surface area contributed by atoms with Gasteiger partial charge in [-0.05, 0) is 24.9 Å². The van der Waals surface area contributed by atoms with Crippen molar-refractivity contribution in [1.29, 1.82) is 0 Å². The van der Waals surface area contributed by atoms with Crippen molar-refractivity contribution in [3.8, 4) is 0 Å². The van der Waals surface area contributed by atoms with E-state index in [9.17, 15) is 0 Å². The minimum absolute atomic E-state index is 0.317. The molecule has 0 aliphatic carbocycles. The van der Waals surface area contributed by atoms with Crippen LogP contribution in [0.4, 0.5) is 0 Å². The van der Waals surface area contributed by atoms with Crippen LogP contribution in [0.2, 0.25) is 12.6 Å². The standard InChI is InChI=1S/C8H19O2Si/c1-7(9)10-11(5)6-8(2,3)4/h7,9H,6H2,1-5H3. The maximum Gasteiger partial charge on any atom is 0.212 e. The third-order valence-corrected chi connectivity index (χ3v) is 3.45. The number of hydrogen-bond acceptors (Lipinski definition) is 2. The molecule has 0 saturated carbocycles. The van der Waals surface area contributed by atoms with Gasteiger partial charge in [0.25, 0.3) is 0 Å². The Balaban J connectivity index is 3.61. The molecule has 0 aromatic heterocycles. The van der Waals surface area contributed by atoms with Gasteiger partial charge in [-0.2, -0.15) is 0 Å². The summed E-state index contributed by atoms with van der Waals surface area (Å²) in [5, 5.41) is 8.92. The van der Waals surface area contributed by atoms with Crippen molar-refractivity contribution < 1.29 is 9.53 Å². The summed E-state index contributed by atoms with van der Waals surface area (Å²) >= 11 is 0. The third-order valence-electron chi connectivity index (χ3n) is 1.15. The lowest BCUT2D eigenvalue weighted by molar-refractivity contribution is -0.00376. The summed E-state index contributed by atoms with van der Waals surface area (Å²) < 4.78 is 5.28. The zero-order valence-corrected chi connectivity index (χ0v) is 9.14. The first-order chi connectivity index (χ1) is 4.81. The molecular weight excluding hydrogens is 156 g/mol. The second-order valence-corrected chi connectivity index (χ2v) is 6.15. The summed E-state index contributed by atoms with van der Waals surface area (Å²) in [6.45, 7) is 10.3. The quantitative estimate of drug-likeness (QED) is 0.525. The highest BCUT2D eigenvalue weighted by Gasteiger charge is 2.18. The Kier molecular flexibility index (Phi) is 4.29. The van der Waals surface area contributed by atoms with Crippen LogP contribution in [0.15, 0.2) is 0 Å². The Morgan fingerprint density at radius 1 is 1.45 bits per heavy atom. The maximum absolute atomic E-state index is 8.92. The number of rotatable bonds is 3. The third kappa shape index (κ3) is 8.04. The van der Waals surface area contributed by atoms with E-state index in [1.165, 1.54) is 0 Å². The van der Waals surface area contributed by atoms with Crippen LogP contribution in [-0.2, 0) is 4.43 Å². The molecule has 0 fully saturated rings. The molecule has 0 bridgehead atoms. The molecule has 1 N–H and O–H groups in total. The molecule has 0 amide bonds. The molecule has 0 saturated heterocycles. The van der Waals surface area contributed by atoms with Gasteiger partial charge in [0.05, 0.1) is 0 Å². The van der Waals surface area contributed by atoms with E-state index in [0.717, 1.165) is 6.04 Å². The van der Waals surface area contributed by atoms with E-state index in [-0.39, 0.29) is 0 Å². The number of aliphatic hydroxyl groups excluding tert-OH is 1. The minimum atomic E-state index is -0.797. The van der Waals surface area contributed by atoms with Crippen molar-refractivity contribution in [2.24, 2.45) is 5.41 Å². The zero-order valence-electron chi connectivity index (χ0n) is 8.14. The van der Waals surface area contributed by atoms with Crippen LogP contribution in [-0.4, -0.2) is 20.4 Å². The minimum Gasteiger partial charge on any atom is -0.393 e. The summed E-state index contributed by atoms with van der Waals surface area (Å²) in [5.74, 6) is 0. The Bertz CT molecular complexity index is 107. The molecule has 67 valence electrons. The highest BCUT2D eigenvalue weighted by molar-refractivity contribution is 6.50. The monoisotopic (exact) mass is 175 g/mol. The van der Waals surface area contributed by atoms with E-state index < -0.39 is 15.3 Å². The molecule has 0 aliphatic rings. The molecule has 0 aromatic carbocycles. The zero-order chi connectivity index (χ0) is 9.07. The molecule has 0 rings (SSSR count). The lowest BCUT2D eigenvalue weighted by atomic mass is 10.0. The molecule has 3 heteroatoms. The highest BCUT2D eigenvalue weighted by Crippen LogP contribution is 2.22. The van der Waals surface area contributed by atoms with Crippen molar-refractivity contribution in [3.63, 3.8) is 0 Å². The molecular formula is C8H19O2Si. The number of hydrogen-bond donors (Lipinski definition) is 1. The molecule has 0 heterocycles. The second-order valence-electron chi connectivity index (χ2n) is 4.16. The predicted molar refractivity (Wildman–Crippen MR) is 48.6 cm³/mol. The molecule has 1 atom stereocenters. The van der Waals surface area contributed by atoms with Crippen molar-refractivity contribution in [1.82, 2.24) is 0 Å². The fourth-order valence-corrected chi connectivity index (χ4v) is 3.24. The van der Waals surface area contributed by atoms with Crippen LogP contribution in [0, 0.1) is 5.41 Å². The van der Waals surface area contributed by atoms with Gasteiger partial charge in [-0.1, -0.05) is 20.8 Å². The molecule has 1 radical (unpaired) electrons. The molecule has 0 aromatic rings. The molecule has 1 unspecified atom stereocenters. The van der Waals surface area contributed by atoms with Gasteiger partial charge in [-0.15, -0.1) is 0 Å². The van der Waals surface area contributed by atoms with Crippen LogP contribution in [0.1, 0.15) is 27.7 Å². The Morgan fingerprint density at radius 3 is 2.18 bits per heavy atom. The van der Waals surface area contributed by atoms with E-state index in [1.54, 1.807) is 6.92 Å². The van der Waals surface area contributed by atoms with Gasteiger partial charge in [-0.25, -0.2) is 0 Å². The van der Waals surface area contributed by atoms with E-state index in [2.05, 4.69) is 27.3 Å². The van der Waals surface area contributed by atoms with Crippen LogP contribution in [0.25, 0.3) is 0 Å². The van der Waals surface area contributed by atoms with Gasteiger partial charge >= 0.3 is 0 Å². The average molecular weight is 175 g/mol. The van der Waals surface area contributed by atoms with Crippen LogP contribution in [0.3, 0.4) is 0 Å². The van der Waals surface area contributed by atoms with E-state index in [0.29, 0.717) is 5.41 Å². The Morgan fingerprint density at radius 2 is 1.91 bits per heavy atom. The van der Waals surface area contributed by atoms with Gasteiger partial charge < -0.3 is 9.53 Å². The summed E-state index contributed by atoms with van der Waals surface area (Å²) in [6, 6.07) is 1.07. The Labute approximate surface area is 71.3 Å². The van der Waals surface area contributed by atoms with Crippen molar-refractivity contribution in [3.05, 3.63) is 0 Å². The molecule has 0 aliphatic heterocycles. The van der Waals surface area contributed by atoms with Crippen molar-refractivity contribution in [2.45, 2.75) is 46.6 Å². The van der Waals surface area contributed by atoms with Crippen LogP contribution >= 0.6 is 0 Å². The summed E-state index contributed by atoms with van der Waals surface area (Å²) in [4.78, 5) is 0.